The van der Waals surface area contributed by atoms with Crippen LogP contribution in [0.1, 0.15) is 46.1 Å². The number of benzene rings is 1. The van der Waals surface area contributed by atoms with Gasteiger partial charge in [0.1, 0.15) is 11.4 Å². The Balaban J connectivity index is 1.97. The minimum atomic E-state index is -0.811. The number of fused-ring (bicyclic) bond motifs is 1. The van der Waals surface area contributed by atoms with Crippen molar-refractivity contribution in [1.82, 2.24) is 5.32 Å². The standard InChI is InChI=1S/C20H28FN3O3S/c1-5-26-14-8-12-11-28-17(23-18(25)27-19(2,3)4)24-20(12,10-14)15-9-13(22)6-7-16(15)21/h6-7,9,12,14H,5,8,10-11,22H2,1-4H3,(H,23,24,25)/t12-,14-,20-/m0/s1. The average Bonchev–Trinajstić information content (AvgIpc) is 2.94. The van der Waals surface area contributed by atoms with E-state index in [1.54, 1.807) is 32.9 Å². The van der Waals surface area contributed by atoms with Gasteiger partial charge in [-0.25, -0.2) is 9.18 Å². The van der Waals surface area contributed by atoms with Crippen LogP contribution in [0.2, 0.25) is 0 Å². The molecule has 1 aliphatic carbocycles. The van der Waals surface area contributed by atoms with Crippen molar-refractivity contribution in [3.8, 4) is 0 Å². The lowest BCUT2D eigenvalue weighted by Crippen LogP contribution is -2.42. The van der Waals surface area contributed by atoms with Crippen molar-refractivity contribution in [2.45, 2.75) is 57.8 Å². The van der Waals surface area contributed by atoms with Crippen molar-refractivity contribution in [3.05, 3.63) is 29.6 Å². The second-order valence-corrected chi connectivity index (χ2v) is 9.24. The molecule has 3 rings (SSSR count). The number of aliphatic imine (C=N–C) groups is 1. The van der Waals surface area contributed by atoms with E-state index < -0.39 is 17.2 Å². The molecule has 1 aromatic rings. The smallest absolute Gasteiger partial charge is 0.413 e. The maximum atomic E-state index is 14.8. The number of halogens is 1. The van der Waals surface area contributed by atoms with Gasteiger partial charge in [-0.3, -0.25) is 10.3 Å². The van der Waals surface area contributed by atoms with Gasteiger partial charge in [0.05, 0.1) is 11.6 Å². The van der Waals surface area contributed by atoms with Crippen LogP contribution in [0.25, 0.3) is 0 Å². The third-order valence-corrected chi connectivity index (χ3v) is 5.99. The van der Waals surface area contributed by atoms with Crippen LogP contribution >= 0.6 is 11.8 Å². The first-order chi connectivity index (χ1) is 13.1. The number of hydrogen-bond acceptors (Lipinski definition) is 6. The Morgan fingerprint density at radius 3 is 2.89 bits per heavy atom. The Bertz CT molecular complexity index is 780. The summed E-state index contributed by atoms with van der Waals surface area (Å²) in [5.74, 6) is 0.449. The molecule has 2 aliphatic rings. The van der Waals surface area contributed by atoms with E-state index >= 15 is 0 Å². The molecule has 0 spiro atoms. The van der Waals surface area contributed by atoms with Gasteiger partial charge in [0, 0.05) is 35.9 Å². The number of amidine groups is 1. The maximum Gasteiger partial charge on any atom is 0.413 e. The fourth-order valence-electron chi connectivity index (χ4n) is 3.93. The minimum absolute atomic E-state index is 0.0129. The summed E-state index contributed by atoms with van der Waals surface area (Å²) in [7, 11) is 0. The summed E-state index contributed by atoms with van der Waals surface area (Å²) in [6.07, 6.45) is 0.755. The number of nitrogens with two attached hydrogens (primary N) is 1. The molecule has 3 atom stereocenters. The predicted molar refractivity (Wildman–Crippen MR) is 110 cm³/mol. The van der Waals surface area contributed by atoms with E-state index in [-0.39, 0.29) is 17.8 Å². The van der Waals surface area contributed by atoms with E-state index in [0.29, 0.717) is 35.2 Å². The van der Waals surface area contributed by atoms with E-state index in [1.807, 2.05) is 6.92 Å². The van der Waals surface area contributed by atoms with Crippen LogP contribution in [-0.4, -0.2) is 35.3 Å². The zero-order chi connectivity index (χ0) is 20.5. The number of carbonyl (C=O) groups excluding carboxylic acids is 1. The SMILES string of the molecule is CCO[C@H]1C[C@H]2CSC(NC(=O)OC(C)(C)C)=N[C@@]2(c2cc(N)ccc2F)C1. The molecular formula is C20H28FN3O3S. The van der Waals surface area contributed by atoms with Crippen LogP contribution in [0.5, 0.6) is 0 Å². The molecule has 1 heterocycles. The van der Waals surface area contributed by atoms with Crippen molar-refractivity contribution < 1.29 is 18.7 Å². The molecule has 0 aromatic heterocycles. The zero-order valence-corrected chi connectivity index (χ0v) is 17.6. The zero-order valence-electron chi connectivity index (χ0n) is 16.8. The van der Waals surface area contributed by atoms with E-state index in [0.717, 1.165) is 6.42 Å². The molecule has 1 saturated carbocycles. The van der Waals surface area contributed by atoms with Crippen molar-refractivity contribution in [1.29, 1.82) is 0 Å². The molecule has 6 nitrogen and oxygen atoms in total. The summed E-state index contributed by atoms with van der Waals surface area (Å²) in [5.41, 5.74) is 5.47. The molecule has 8 heteroatoms. The number of nitrogen functional groups attached to an aromatic ring is 1. The highest BCUT2D eigenvalue weighted by molar-refractivity contribution is 8.13. The van der Waals surface area contributed by atoms with Crippen LogP contribution in [-0.2, 0) is 15.0 Å². The molecule has 28 heavy (non-hydrogen) atoms. The molecule has 0 saturated heterocycles. The molecule has 1 aromatic carbocycles. The number of thioether (sulfide) groups is 1. The van der Waals surface area contributed by atoms with Gasteiger partial charge in [0.25, 0.3) is 0 Å². The van der Waals surface area contributed by atoms with E-state index in [4.69, 9.17) is 20.2 Å². The molecular weight excluding hydrogens is 381 g/mol. The number of ether oxygens (including phenoxy) is 2. The third-order valence-electron chi connectivity index (χ3n) is 4.95. The fourth-order valence-corrected chi connectivity index (χ4v) is 5.08. The highest BCUT2D eigenvalue weighted by atomic mass is 32.2. The molecule has 0 radical (unpaired) electrons. The summed E-state index contributed by atoms with van der Waals surface area (Å²) >= 11 is 1.45. The lowest BCUT2D eigenvalue weighted by molar-refractivity contribution is 0.0564. The van der Waals surface area contributed by atoms with E-state index in [2.05, 4.69) is 5.32 Å². The molecule has 0 unspecified atom stereocenters. The summed E-state index contributed by atoms with van der Waals surface area (Å²) in [4.78, 5) is 17.0. The predicted octanol–water partition coefficient (Wildman–Crippen LogP) is 4.05. The fraction of sp³-hybridized carbons (Fsp3) is 0.600. The molecule has 0 bridgehead atoms. The monoisotopic (exact) mass is 409 g/mol. The quantitative estimate of drug-likeness (QED) is 0.736. The van der Waals surface area contributed by atoms with Crippen LogP contribution in [0, 0.1) is 11.7 Å². The lowest BCUT2D eigenvalue weighted by Gasteiger charge is -2.36. The number of anilines is 1. The first kappa shape index (κ1) is 20.9. The summed E-state index contributed by atoms with van der Waals surface area (Å²) in [5, 5.41) is 3.16. The number of hydrogen-bond donors (Lipinski definition) is 2. The second kappa shape index (κ2) is 7.91. The van der Waals surface area contributed by atoms with E-state index in [9.17, 15) is 9.18 Å². The number of alkyl carbamates (subject to hydrolysis) is 1. The van der Waals surface area contributed by atoms with Gasteiger partial charge in [-0.15, -0.1) is 0 Å². The van der Waals surface area contributed by atoms with Gasteiger partial charge in [-0.2, -0.15) is 0 Å². The second-order valence-electron chi connectivity index (χ2n) is 8.23. The van der Waals surface area contributed by atoms with Gasteiger partial charge >= 0.3 is 6.09 Å². The number of amides is 1. The van der Waals surface area contributed by atoms with Gasteiger partial charge < -0.3 is 15.2 Å². The van der Waals surface area contributed by atoms with Crippen molar-refractivity contribution in [3.63, 3.8) is 0 Å². The van der Waals surface area contributed by atoms with Gasteiger partial charge in [0.2, 0.25) is 0 Å². The molecule has 3 N–H and O–H groups in total. The first-order valence-electron chi connectivity index (χ1n) is 9.52. The van der Waals surface area contributed by atoms with Gasteiger partial charge in [0.15, 0.2) is 5.17 Å². The number of carbonyl (C=O) groups is 1. The Morgan fingerprint density at radius 2 is 2.21 bits per heavy atom. The van der Waals surface area contributed by atoms with E-state index in [1.165, 1.54) is 17.8 Å². The number of nitrogens with one attached hydrogen (secondary N) is 1. The van der Waals surface area contributed by atoms with Crippen LogP contribution in [0.15, 0.2) is 23.2 Å². The summed E-state index contributed by atoms with van der Waals surface area (Å²) in [6, 6.07) is 4.57. The topological polar surface area (TPSA) is 85.9 Å². The molecule has 1 aliphatic heterocycles. The molecule has 1 amide bonds. The Labute approximate surface area is 169 Å². The van der Waals surface area contributed by atoms with Gasteiger partial charge in [-0.05, 0) is 52.3 Å². The van der Waals surface area contributed by atoms with Crippen LogP contribution in [0.4, 0.5) is 14.9 Å². The summed E-state index contributed by atoms with van der Waals surface area (Å²) < 4.78 is 26.0. The maximum absolute atomic E-state index is 14.8. The Kier molecular flexibility index (Phi) is 5.91. The largest absolute Gasteiger partial charge is 0.444 e. The van der Waals surface area contributed by atoms with Crippen LogP contribution < -0.4 is 11.1 Å². The first-order valence-corrected chi connectivity index (χ1v) is 10.5. The minimum Gasteiger partial charge on any atom is -0.444 e. The van der Waals surface area contributed by atoms with Crippen molar-refractivity contribution >= 4 is 28.7 Å². The summed E-state index contributed by atoms with van der Waals surface area (Å²) in [6.45, 7) is 7.93. The van der Waals surface area contributed by atoms with Crippen molar-refractivity contribution in [2.24, 2.45) is 10.9 Å². The highest BCUT2D eigenvalue weighted by Crippen LogP contribution is 2.52. The third kappa shape index (κ3) is 4.43. The Hall–Kier alpha value is -1.80. The van der Waals surface area contributed by atoms with Crippen molar-refractivity contribution in [2.75, 3.05) is 18.1 Å². The van der Waals surface area contributed by atoms with Gasteiger partial charge in [-0.1, -0.05) is 11.8 Å². The Morgan fingerprint density at radius 1 is 1.46 bits per heavy atom. The number of nitrogens with zero attached hydrogens (tertiary/aromatic N) is 1. The highest BCUT2D eigenvalue weighted by Gasteiger charge is 2.52. The normalized spacial score (nSPS) is 27.1. The molecule has 1 fully saturated rings. The molecule has 154 valence electrons. The lowest BCUT2D eigenvalue weighted by atomic mass is 9.81. The number of rotatable bonds is 3. The van der Waals surface area contributed by atoms with Crippen LogP contribution in [0.3, 0.4) is 0 Å². The average molecular weight is 410 g/mol.